The molecule has 0 aliphatic carbocycles. The van der Waals surface area contributed by atoms with Gasteiger partial charge in [0.2, 0.25) is 0 Å². The van der Waals surface area contributed by atoms with Crippen molar-refractivity contribution >= 4 is 23.5 Å². The highest BCUT2D eigenvalue weighted by atomic mass is 16.5. The Hall–Kier alpha value is -3.55. The Bertz CT molecular complexity index is 879. The van der Waals surface area contributed by atoms with Crippen molar-refractivity contribution in [3.63, 3.8) is 0 Å². The first-order valence-electron chi connectivity index (χ1n) is 8.31. The zero-order valence-corrected chi connectivity index (χ0v) is 16.0. The maximum Gasteiger partial charge on any atom is 0.339 e. The molecule has 0 bridgehead atoms. The number of nitrogens with one attached hydrogen (secondary N) is 1. The van der Waals surface area contributed by atoms with Crippen LogP contribution < -0.4 is 14.8 Å². The lowest BCUT2D eigenvalue weighted by molar-refractivity contribution is -0.122. The largest absolute Gasteiger partial charge is 0.497 e. The summed E-state index contributed by atoms with van der Waals surface area (Å²) in [6.45, 7) is 1.55. The molecule has 2 aromatic rings. The second kappa shape index (κ2) is 9.40. The van der Waals surface area contributed by atoms with E-state index in [1.165, 1.54) is 39.5 Å². The third-order valence-corrected chi connectivity index (χ3v) is 3.83. The van der Waals surface area contributed by atoms with Crippen LogP contribution in [0.3, 0.4) is 0 Å². The van der Waals surface area contributed by atoms with Crippen LogP contribution in [0.4, 0.5) is 5.69 Å². The molecule has 28 heavy (non-hydrogen) atoms. The third-order valence-electron chi connectivity index (χ3n) is 3.83. The number of carbonyl (C=O) groups excluding carboxylic acids is 3. The van der Waals surface area contributed by atoms with Gasteiger partial charge >= 0.3 is 11.9 Å². The van der Waals surface area contributed by atoms with E-state index in [1.807, 2.05) is 0 Å². The number of ether oxygens (including phenoxy) is 4. The quantitative estimate of drug-likeness (QED) is 0.729. The van der Waals surface area contributed by atoms with Gasteiger partial charge in [0.15, 0.2) is 6.10 Å². The number of esters is 2. The summed E-state index contributed by atoms with van der Waals surface area (Å²) in [5.41, 5.74) is 0.379. The van der Waals surface area contributed by atoms with Gasteiger partial charge < -0.3 is 24.3 Å². The van der Waals surface area contributed by atoms with E-state index in [1.54, 1.807) is 31.2 Å². The molecule has 0 saturated heterocycles. The first-order chi connectivity index (χ1) is 13.4. The maximum absolute atomic E-state index is 12.5. The summed E-state index contributed by atoms with van der Waals surface area (Å²) in [5.74, 6) is -0.752. The molecule has 1 atom stereocenters. The standard InChI is InChI=1S/C20H21NO7/c1-12(28-15-7-5-6-14(11-15)25-2)18(22)21-17-10-13(19(23)26-3)8-9-16(17)20(24)27-4/h5-12H,1-4H3,(H,21,22)/t12-/m0/s1. The van der Waals surface area contributed by atoms with Crippen LogP contribution in [0, 0.1) is 0 Å². The van der Waals surface area contributed by atoms with Crippen molar-refractivity contribution in [1.29, 1.82) is 0 Å². The van der Waals surface area contributed by atoms with E-state index in [0.29, 0.717) is 11.5 Å². The summed E-state index contributed by atoms with van der Waals surface area (Å²) in [7, 11) is 3.98. The smallest absolute Gasteiger partial charge is 0.339 e. The Balaban J connectivity index is 2.22. The number of rotatable bonds is 7. The molecule has 0 spiro atoms. The molecule has 8 heteroatoms. The fraction of sp³-hybridized carbons (Fsp3) is 0.250. The number of anilines is 1. The minimum atomic E-state index is -0.889. The van der Waals surface area contributed by atoms with Gasteiger partial charge in [0.25, 0.3) is 5.91 Å². The highest BCUT2D eigenvalue weighted by Crippen LogP contribution is 2.22. The zero-order chi connectivity index (χ0) is 20.7. The summed E-state index contributed by atoms with van der Waals surface area (Å²) in [4.78, 5) is 36.3. The number of benzene rings is 2. The second-order valence-electron chi connectivity index (χ2n) is 5.67. The van der Waals surface area contributed by atoms with Gasteiger partial charge in [0.1, 0.15) is 11.5 Å². The predicted octanol–water partition coefficient (Wildman–Crippen LogP) is 2.67. The lowest BCUT2D eigenvalue weighted by Gasteiger charge is -2.17. The van der Waals surface area contributed by atoms with Gasteiger partial charge in [0.05, 0.1) is 38.1 Å². The second-order valence-corrected chi connectivity index (χ2v) is 5.67. The first-order valence-corrected chi connectivity index (χ1v) is 8.31. The number of amides is 1. The Morgan fingerprint density at radius 3 is 2.21 bits per heavy atom. The van der Waals surface area contributed by atoms with Crippen LogP contribution in [0.5, 0.6) is 11.5 Å². The molecular formula is C20H21NO7. The summed E-state index contributed by atoms with van der Waals surface area (Å²) >= 11 is 0. The van der Waals surface area contributed by atoms with Gasteiger partial charge in [-0.2, -0.15) is 0 Å². The van der Waals surface area contributed by atoms with Gasteiger partial charge in [-0.15, -0.1) is 0 Å². The van der Waals surface area contributed by atoms with Gasteiger partial charge in [-0.3, -0.25) is 4.79 Å². The Morgan fingerprint density at radius 2 is 1.57 bits per heavy atom. The van der Waals surface area contributed by atoms with E-state index in [4.69, 9.17) is 14.2 Å². The van der Waals surface area contributed by atoms with Crippen LogP contribution in [0.15, 0.2) is 42.5 Å². The van der Waals surface area contributed by atoms with E-state index >= 15 is 0 Å². The molecule has 1 N–H and O–H groups in total. The van der Waals surface area contributed by atoms with Gasteiger partial charge in [0, 0.05) is 6.07 Å². The predicted molar refractivity (Wildman–Crippen MR) is 101 cm³/mol. The van der Waals surface area contributed by atoms with Crippen molar-refractivity contribution in [2.24, 2.45) is 0 Å². The molecule has 0 aliphatic rings. The molecule has 0 aromatic heterocycles. The minimum Gasteiger partial charge on any atom is -0.497 e. The SMILES string of the molecule is COC(=O)c1ccc(C(=O)OC)c(NC(=O)[C@H](C)Oc2cccc(OC)c2)c1. The van der Waals surface area contributed by atoms with E-state index in [2.05, 4.69) is 10.1 Å². The lowest BCUT2D eigenvalue weighted by Crippen LogP contribution is -2.31. The lowest BCUT2D eigenvalue weighted by atomic mass is 10.1. The van der Waals surface area contributed by atoms with E-state index in [0.717, 1.165) is 0 Å². The molecule has 0 aliphatic heterocycles. The van der Waals surface area contributed by atoms with Gasteiger partial charge in [-0.05, 0) is 37.3 Å². The van der Waals surface area contributed by atoms with E-state index in [9.17, 15) is 14.4 Å². The van der Waals surface area contributed by atoms with Crippen LogP contribution in [-0.4, -0.2) is 45.3 Å². The molecule has 2 rings (SSSR count). The van der Waals surface area contributed by atoms with Crippen molar-refractivity contribution in [2.75, 3.05) is 26.6 Å². The zero-order valence-electron chi connectivity index (χ0n) is 16.0. The van der Waals surface area contributed by atoms with Crippen molar-refractivity contribution in [3.05, 3.63) is 53.6 Å². The van der Waals surface area contributed by atoms with E-state index < -0.39 is 23.9 Å². The summed E-state index contributed by atoms with van der Waals surface area (Å²) in [6, 6.07) is 10.9. The number of methoxy groups -OCH3 is 3. The molecular weight excluding hydrogens is 366 g/mol. The van der Waals surface area contributed by atoms with Gasteiger partial charge in [-0.25, -0.2) is 9.59 Å². The molecule has 0 radical (unpaired) electrons. The molecule has 0 heterocycles. The van der Waals surface area contributed by atoms with Gasteiger partial charge in [-0.1, -0.05) is 6.07 Å². The minimum absolute atomic E-state index is 0.0945. The number of hydrogen-bond donors (Lipinski definition) is 1. The summed E-state index contributed by atoms with van der Waals surface area (Å²) in [6.07, 6.45) is -0.889. The Kier molecular flexibility index (Phi) is 6.97. The Labute approximate surface area is 162 Å². The highest BCUT2D eigenvalue weighted by Gasteiger charge is 2.21. The molecule has 148 valence electrons. The Morgan fingerprint density at radius 1 is 0.893 bits per heavy atom. The highest BCUT2D eigenvalue weighted by molar-refractivity contribution is 6.04. The van der Waals surface area contributed by atoms with Crippen LogP contribution in [0.2, 0.25) is 0 Å². The third kappa shape index (κ3) is 5.00. The average molecular weight is 387 g/mol. The molecule has 0 fully saturated rings. The molecule has 0 unspecified atom stereocenters. The van der Waals surface area contributed by atoms with Crippen LogP contribution >= 0.6 is 0 Å². The van der Waals surface area contributed by atoms with Crippen molar-refractivity contribution < 1.29 is 33.3 Å². The van der Waals surface area contributed by atoms with Crippen LogP contribution in [-0.2, 0) is 14.3 Å². The van der Waals surface area contributed by atoms with Crippen LogP contribution in [0.1, 0.15) is 27.6 Å². The normalized spacial score (nSPS) is 11.1. The fourth-order valence-electron chi connectivity index (χ4n) is 2.35. The summed E-state index contributed by atoms with van der Waals surface area (Å²) in [5, 5.41) is 2.59. The monoisotopic (exact) mass is 387 g/mol. The van der Waals surface area contributed by atoms with Crippen molar-refractivity contribution in [3.8, 4) is 11.5 Å². The first kappa shape index (κ1) is 20.8. The topological polar surface area (TPSA) is 100 Å². The molecule has 0 saturated carbocycles. The van der Waals surface area contributed by atoms with Crippen LogP contribution in [0.25, 0.3) is 0 Å². The molecule has 8 nitrogen and oxygen atoms in total. The fourth-order valence-corrected chi connectivity index (χ4v) is 2.35. The summed E-state index contributed by atoms with van der Waals surface area (Å²) < 4.78 is 20.1. The van der Waals surface area contributed by atoms with Crippen molar-refractivity contribution in [2.45, 2.75) is 13.0 Å². The maximum atomic E-state index is 12.5. The number of carbonyl (C=O) groups is 3. The molecule has 1 amide bonds. The van der Waals surface area contributed by atoms with Crippen molar-refractivity contribution in [1.82, 2.24) is 0 Å². The molecule has 2 aromatic carbocycles. The average Bonchev–Trinajstić information content (AvgIpc) is 2.72. The number of hydrogen-bond acceptors (Lipinski definition) is 7. The van der Waals surface area contributed by atoms with E-state index in [-0.39, 0.29) is 16.8 Å².